The number of hydrogen-bond donors (Lipinski definition) is 3. The van der Waals surface area contributed by atoms with Crippen LogP contribution in [0.5, 0.6) is 17.4 Å². The van der Waals surface area contributed by atoms with Crippen LogP contribution in [0.25, 0.3) is 0 Å². The maximum absolute atomic E-state index is 12.4. The molecular weight excluding hydrogens is 486 g/mol. The van der Waals surface area contributed by atoms with Crippen molar-refractivity contribution in [3.63, 3.8) is 0 Å². The van der Waals surface area contributed by atoms with Gasteiger partial charge in [-0.3, -0.25) is 9.59 Å². The van der Waals surface area contributed by atoms with E-state index in [-0.39, 0.29) is 41.6 Å². The van der Waals surface area contributed by atoms with E-state index in [1.165, 1.54) is 12.1 Å². The molecule has 0 bridgehead atoms. The van der Waals surface area contributed by atoms with Crippen molar-refractivity contribution in [3.05, 3.63) is 90.6 Å². The minimum Gasteiger partial charge on any atom is -0.490 e. The maximum Gasteiger partial charge on any atom is 0.337 e. The maximum atomic E-state index is 12.4. The predicted molar refractivity (Wildman–Crippen MR) is 141 cm³/mol. The Morgan fingerprint density at radius 3 is 2.34 bits per heavy atom. The summed E-state index contributed by atoms with van der Waals surface area (Å²) < 4.78 is 11.9. The molecule has 1 fully saturated rings. The quantitative estimate of drug-likeness (QED) is 0.333. The smallest absolute Gasteiger partial charge is 0.337 e. The van der Waals surface area contributed by atoms with Gasteiger partial charge in [0.25, 0.3) is 0 Å². The molecule has 3 N–H and O–H groups in total. The molecule has 38 heavy (non-hydrogen) atoms. The number of nitrogens with one attached hydrogen (secondary N) is 2. The van der Waals surface area contributed by atoms with E-state index >= 15 is 0 Å². The second-order valence-corrected chi connectivity index (χ2v) is 8.96. The van der Waals surface area contributed by atoms with E-state index in [0.29, 0.717) is 17.2 Å². The van der Waals surface area contributed by atoms with Crippen molar-refractivity contribution in [1.82, 2.24) is 10.3 Å². The first-order chi connectivity index (χ1) is 18.4. The molecule has 9 nitrogen and oxygen atoms in total. The predicted octanol–water partition coefficient (Wildman–Crippen LogP) is 4.75. The Labute approximate surface area is 220 Å². The third-order valence-corrected chi connectivity index (χ3v) is 6.15. The van der Waals surface area contributed by atoms with E-state index in [9.17, 15) is 19.5 Å². The molecule has 0 aliphatic heterocycles. The fourth-order valence-corrected chi connectivity index (χ4v) is 4.22. The topological polar surface area (TPSA) is 127 Å². The molecule has 9 heteroatoms. The standard InChI is InChI=1S/C29H29N3O6/c1-2-26(33)31-20-8-10-21(11-9-20)37-22-12-14-23(15-13-22)38-28-16-7-19(18-30-28)17-27(34)32-25-6-4-3-5-24(25)29(35)36/h2-7,12-16,18,20-21H,1,8-11,17H2,(H,31,33)(H,32,34)(H,35,36). The highest BCUT2D eigenvalue weighted by Gasteiger charge is 2.23. The van der Waals surface area contributed by atoms with Crippen molar-refractivity contribution in [2.45, 2.75) is 44.2 Å². The summed E-state index contributed by atoms with van der Waals surface area (Å²) in [5, 5.41) is 14.8. The van der Waals surface area contributed by atoms with Crippen LogP contribution in [-0.2, 0) is 16.0 Å². The van der Waals surface area contributed by atoms with Crippen LogP contribution < -0.4 is 20.1 Å². The van der Waals surface area contributed by atoms with Crippen molar-refractivity contribution in [2.24, 2.45) is 0 Å². The van der Waals surface area contributed by atoms with Gasteiger partial charge in [-0.25, -0.2) is 9.78 Å². The van der Waals surface area contributed by atoms with Crippen molar-refractivity contribution in [2.75, 3.05) is 5.32 Å². The van der Waals surface area contributed by atoms with Gasteiger partial charge < -0.3 is 25.2 Å². The summed E-state index contributed by atoms with van der Waals surface area (Å²) >= 11 is 0. The van der Waals surface area contributed by atoms with Crippen LogP contribution in [-0.4, -0.2) is 40.0 Å². The molecule has 1 saturated carbocycles. The number of ether oxygens (including phenoxy) is 2. The fourth-order valence-electron chi connectivity index (χ4n) is 4.22. The third kappa shape index (κ3) is 7.42. The molecule has 0 saturated heterocycles. The van der Waals surface area contributed by atoms with Crippen molar-refractivity contribution < 1.29 is 29.0 Å². The van der Waals surface area contributed by atoms with Gasteiger partial charge in [0, 0.05) is 18.3 Å². The van der Waals surface area contributed by atoms with Crippen molar-refractivity contribution >= 4 is 23.5 Å². The van der Waals surface area contributed by atoms with Crippen LogP contribution in [0.15, 0.2) is 79.5 Å². The lowest BCUT2D eigenvalue weighted by molar-refractivity contribution is -0.117. The van der Waals surface area contributed by atoms with Gasteiger partial charge >= 0.3 is 5.97 Å². The Kier molecular flexibility index (Phi) is 8.71. The summed E-state index contributed by atoms with van der Waals surface area (Å²) in [4.78, 5) is 39.4. The third-order valence-electron chi connectivity index (χ3n) is 6.15. The summed E-state index contributed by atoms with van der Waals surface area (Å²) in [7, 11) is 0. The van der Waals surface area contributed by atoms with Crippen molar-refractivity contribution in [1.29, 1.82) is 0 Å². The normalized spacial score (nSPS) is 16.6. The zero-order chi connectivity index (χ0) is 26.9. The van der Waals surface area contributed by atoms with E-state index < -0.39 is 5.97 Å². The first-order valence-corrected chi connectivity index (χ1v) is 12.3. The second kappa shape index (κ2) is 12.5. The Morgan fingerprint density at radius 1 is 0.974 bits per heavy atom. The molecule has 2 amide bonds. The number of pyridine rings is 1. The van der Waals surface area contributed by atoms with E-state index in [1.807, 2.05) is 12.1 Å². The molecule has 196 valence electrons. The number of hydrogen-bond acceptors (Lipinski definition) is 6. The number of carboxylic acid groups (broad SMARTS) is 1. The number of nitrogens with zero attached hydrogens (tertiary/aromatic N) is 1. The second-order valence-electron chi connectivity index (χ2n) is 8.96. The Morgan fingerprint density at radius 2 is 1.68 bits per heavy atom. The minimum atomic E-state index is -1.11. The molecule has 2 aromatic carbocycles. The van der Waals surface area contributed by atoms with Gasteiger partial charge in [-0.05, 0) is 73.7 Å². The first-order valence-electron chi connectivity index (χ1n) is 12.3. The average molecular weight is 516 g/mol. The number of rotatable bonds is 10. The largest absolute Gasteiger partial charge is 0.490 e. The number of anilines is 1. The van der Waals surface area contributed by atoms with Gasteiger partial charge in [0.15, 0.2) is 0 Å². The van der Waals surface area contributed by atoms with Crippen molar-refractivity contribution in [3.8, 4) is 17.4 Å². The zero-order valence-electron chi connectivity index (χ0n) is 20.8. The van der Waals surface area contributed by atoms with Gasteiger partial charge in [-0.1, -0.05) is 24.8 Å². The van der Waals surface area contributed by atoms with E-state index in [2.05, 4.69) is 22.2 Å². The number of amides is 2. The first kappa shape index (κ1) is 26.4. The Hall–Kier alpha value is -4.66. The van der Waals surface area contributed by atoms with Gasteiger partial charge in [0.05, 0.1) is 23.8 Å². The van der Waals surface area contributed by atoms with Gasteiger partial charge in [0.2, 0.25) is 17.7 Å². The fraction of sp³-hybridized carbons (Fsp3) is 0.241. The molecule has 3 aromatic rings. The average Bonchev–Trinajstić information content (AvgIpc) is 2.92. The summed E-state index contributed by atoms with van der Waals surface area (Å²) in [6.45, 7) is 3.48. The number of aromatic nitrogens is 1. The lowest BCUT2D eigenvalue weighted by Crippen LogP contribution is -2.38. The van der Waals surface area contributed by atoms with Crippen LogP contribution in [0.3, 0.4) is 0 Å². The highest BCUT2D eigenvalue weighted by molar-refractivity contribution is 6.01. The number of carbonyl (C=O) groups excluding carboxylic acids is 2. The summed E-state index contributed by atoms with van der Waals surface area (Å²) in [5.41, 5.74) is 0.931. The Balaban J connectivity index is 1.24. The van der Waals surface area contributed by atoms with Crippen LogP contribution in [0.2, 0.25) is 0 Å². The monoisotopic (exact) mass is 515 g/mol. The number of para-hydroxylation sites is 1. The van der Waals surface area contributed by atoms with Gasteiger partial charge in [-0.15, -0.1) is 0 Å². The molecular formula is C29H29N3O6. The van der Waals surface area contributed by atoms with Crippen LogP contribution in [0.1, 0.15) is 41.6 Å². The lowest BCUT2D eigenvalue weighted by Gasteiger charge is -2.29. The molecule has 0 radical (unpaired) electrons. The summed E-state index contributed by atoms with van der Waals surface area (Å²) in [5.74, 6) is 0.116. The van der Waals surface area contributed by atoms with Gasteiger partial charge in [-0.2, -0.15) is 0 Å². The summed E-state index contributed by atoms with van der Waals surface area (Å²) in [6.07, 6.45) is 6.43. The SMILES string of the molecule is C=CC(=O)NC1CCC(Oc2ccc(Oc3ccc(CC(=O)Nc4ccccc4C(=O)O)cn3)cc2)CC1. The molecule has 0 spiro atoms. The molecule has 1 aromatic heterocycles. The van der Waals surface area contributed by atoms with Gasteiger partial charge in [0.1, 0.15) is 11.5 Å². The van der Waals surface area contributed by atoms with Crippen LogP contribution in [0, 0.1) is 0 Å². The molecule has 1 aliphatic rings. The zero-order valence-corrected chi connectivity index (χ0v) is 20.8. The molecule has 4 rings (SSSR count). The molecule has 0 unspecified atom stereocenters. The summed E-state index contributed by atoms with van der Waals surface area (Å²) in [6, 6.07) is 17.1. The van der Waals surface area contributed by atoms with Crippen LogP contribution in [0.4, 0.5) is 5.69 Å². The number of carboxylic acids is 1. The number of aromatic carboxylic acids is 1. The molecule has 1 heterocycles. The van der Waals surface area contributed by atoms with Crippen LogP contribution >= 0.6 is 0 Å². The minimum absolute atomic E-state index is 0.0285. The highest BCUT2D eigenvalue weighted by Crippen LogP contribution is 2.27. The van der Waals surface area contributed by atoms with E-state index in [0.717, 1.165) is 31.4 Å². The van der Waals surface area contributed by atoms with E-state index in [1.54, 1.807) is 48.7 Å². The molecule has 1 aliphatic carbocycles. The Bertz CT molecular complexity index is 1280. The highest BCUT2D eigenvalue weighted by atomic mass is 16.5. The lowest BCUT2D eigenvalue weighted by atomic mass is 9.93. The number of benzene rings is 2. The van der Waals surface area contributed by atoms with E-state index in [4.69, 9.17) is 9.47 Å². The number of carbonyl (C=O) groups is 3. The molecule has 0 atom stereocenters.